The molecule has 0 N–H and O–H groups in total. The molecule has 0 aliphatic heterocycles. The molecular weight excluding hydrogens is 184 g/mol. The van der Waals surface area contributed by atoms with Crippen molar-refractivity contribution in [3.05, 3.63) is 41.7 Å². The van der Waals surface area contributed by atoms with E-state index in [1.807, 2.05) is 12.3 Å². The molecule has 15 heavy (non-hydrogen) atoms. The normalized spacial score (nSPS) is 14.2. The zero-order valence-electron chi connectivity index (χ0n) is 8.64. The van der Waals surface area contributed by atoms with Crippen molar-refractivity contribution < 1.29 is 0 Å². The smallest absolute Gasteiger partial charge is 0.140 e. The summed E-state index contributed by atoms with van der Waals surface area (Å²) in [5, 5.41) is 1.23. The van der Waals surface area contributed by atoms with Gasteiger partial charge in [0.15, 0.2) is 0 Å². The summed E-state index contributed by atoms with van der Waals surface area (Å²) in [5.74, 6) is 0. The molecular formula is C13H12N2. The Morgan fingerprint density at radius 3 is 3.07 bits per heavy atom. The molecule has 74 valence electrons. The van der Waals surface area contributed by atoms with Gasteiger partial charge in [-0.3, -0.25) is 0 Å². The maximum atomic E-state index is 4.41. The van der Waals surface area contributed by atoms with E-state index in [-0.39, 0.29) is 0 Å². The van der Waals surface area contributed by atoms with Crippen molar-refractivity contribution in [1.82, 2.24) is 9.55 Å². The second-order valence-corrected chi connectivity index (χ2v) is 3.77. The summed E-state index contributed by atoms with van der Waals surface area (Å²) < 4.78 is 2.15. The van der Waals surface area contributed by atoms with Crippen LogP contribution in [0.25, 0.3) is 23.2 Å². The molecule has 2 heterocycles. The van der Waals surface area contributed by atoms with Gasteiger partial charge in [0.1, 0.15) is 5.65 Å². The highest BCUT2D eigenvalue weighted by Gasteiger charge is 2.11. The number of fused-ring (bicyclic) bond motifs is 3. The fraction of sp³-hybridized carbons (Fsp3) is 0.154. The first kappa shape index (κ1) is 8.48. The first-order valence-corrected chi connectivity index (χ1v) is 5.14. The Bertz CT molecular complexity index is 573. The van der Waals surface area contributed by atoms with Gasteiger partial charge in [0.2, 0.25) is 0 Å². The van der Waals surface area contributed by atoms with Crippen LogP contribution in [0, 0.1) is 0 Å². The minimum Gasteiger partial charge on any atom is -0.328 e. The number of pyridine rings is 1. The van der Waals surface area contributed by atoms with Crippen molar-refractivity contribution in [2.45, 2.75) is 6.42 Å². The van der Waals surface area contributed by atoms with Gasteiger partial charge in [0, 0.05) is 29.9 Å². The Kier molecular flexibility index (Phi) is 1.75. The van der Waals surface area contributed by atoms with Crippen LogP contribution < -0.4 is 0 Å². The maximum absolute atomic E-state index is 4.41. The standard InChI is InChI=1S/C13H12N2/c1-15-12-8-4-2-3-6-10(12)11-7-5-9-14-13(11)15/h3-9H,2H2,1H3. The summed E-state index contributed by atoms with van der Waals surface area (Å²) in [5.41, 5.74) is 3.59. The second kappa shape index (κ2) is 3.09. The van der Waals surface area contributed by atoms with Crippen LogP contribution in [-0.2, 0) is 7.05 Å². The number of aryl methyl sites for hydroxylation is 1. The van der Waals surface area contributed by atoms with Crippen molar-refractivity contribution in [1.29, 1.82) is 0 Å². The van der Waals surface area contributed by atoms with Crippen LogP contribution in [0.2, 0.25) is 0 Å². The van der Waals surface area contributed by atoms with E-state index >= 15 is 0 Å². The lowest BCUT2D eigenvalue weighted by molar-refractivity contribution is 0.934. The Morgan fingerprint density at radius 2 is 2.13 bits per heavy atom. The summed E-state index contributed by atoms with van der Waals surface area (Å²) in [6, 6.07) is 4.12. The Labute approximate surface area is 88.6 Å². The quantitative estimate of drug-likeness (QED) is 0.633. The highest BCUT2D eigenvalue weighted by Crippen LogP contribution is 2.27. The predicted molar refractivity (Wildman–Crippen MR) is 63.4 cm³/mol. The van der Waals surface area contributed by atoms with Gasteiger partial charge in [-0.1, -0.05) is 18.2 Å². The molecule has 0 saturated carbocycles. The Morgan fingerprint density at radius 1 is 1.27 bits per heavy atom. The van der Waals surface area contributed by atoms with Gasteiger partial charge in [-0.2, -0.15) is 0 Å². The third-order valence-corrected chi connectivity index (χ3v) is 2.86. The van der Waals surface area contributed by atoms with Gasteiger partial charge in [-0.15, -0.1) is 0 Å². The van der Waals surface area contributed by atoms with Crippen molar-refractivity contribution in [2.24, 2.45) is 7.05 Å². The van der Waals surface area contributed by atoms with Crippen LogP contribution in [0.4, 0.5) is 0 Å². The van der Waals surface area contributed by atoms with Crippen LogP contribution in [0.1, 0.15) is 17.7 Å². The molecule has 2 aromatic heterocycles. The highest BCUT2D eigenvalue weighted by molar-refractivity contribution is 5.92. The van der Waals surface area contributed by atoms with Gasteiger partial charge in [0.05, 0.1) is 0 Å². The average Bonchev–Trinajstić information content (AvgIpc) is 2.48. The lowest BCUT2D eigenvalue weighted by Gasteiger charge is -1.97. The van der Waals surface area contributed by atoms with Gasteiger partial charge in [-0.25, -0.2) is 4.98 Å². The zero-order chi connectivity index (χ0) is 10.3. The third-order valence-electron chi connectivity index (χ3n) is 2.86. The molecule has 1 aliphatic rings. The molecule has 2 heteroatoms. The monoisotopic (exact) mass is 196 g/mol. The van der Waals surface area contributed by atoms with Crippen LogP contribution in [0.15, 0.2) is 30.5 Å². The summed E-state index contributed by atoms with van der Waals surface area (Å²) in [6.07, 6.45) is 11.6. The van der Waals surface area contributed by atoms with Gasteiger partial charge in [0.25, 0.3) is 0 Å². The molecule has 0 radical (unpaired) electrons. The summed E-state index contributed by atoms with van der Waals surface area (Å²) in [4.78, 5) is 4.41. The summed E-state index contributed by atoms with van der Waals surface area (Å²) in [7, 11) is 2.07. The largest absolute Gasteiger partial charge is 0.328 e. The van der Waals surface area contributed by atoms with Crippen molar-refractivity contribution >= 4 is 23.2 Å². The van der Waals surface area contributed by atoms with E-state index in [0.29, 0.717) is 0 Å². The molecule has 0 saturated heterocycles. The fourth-order valence-corrected chi connectivity index (χ4v) is 2.13. The Hall–Kier alpha value is -1.83. The SMILES string of the molecule is Cn1c2c(c3cccnc31)C=CCC=C2. The number of rotatable bonds is 0. The number of allylic oxidation sites excluding steroid dienone is 2. The lowest BCUT2D eigenvalue weighted by atomic mass is 10.1. The van der Waals surface area contributed by atoms with Crippen molar-refractivity contribution in [3.8, 4) is 0 Å². The molecule has 3 rings (SSSR count). The molecule has 0 atom stereocenters. The number of hydrogen-bond donors (Lipinski definition) is 0. The fourth-order valence-electron chi connectivity index (χ4n) is 2.13. The summed E-state index contributed by atoms with van der Waals surface area (Å²) >= 11 is 0. The van der Waals surface area contributed by atoms with E-state index in [2.05, 4.69) is 47.0 Å². The van der Waals surface area contributed by atoms with E-state index in [0.717, 1.165) is 12.1 Å². The number of hydrogen-bond acceptors (Lipinski definition) is 1. The molecule has 0 fully saturated rings. The molecule has 2 aromatic rings. The summed E-state index contributed by atoms with van der Waals surface area (Å²) in [6.45, 7) is 0. The molecule has 0 unspecified atom stereocenters. The predicted octanol–water partition coefficient (Wildman–Crippen LogP) is 3.00. The van der Waals surface area contributed by atoms with E-state index in [1.54, 1.807) is 0 Å². The minimum atomic E-state index is 1.01. The third kappa shape index (κ3) is 1.14. The zero-order valence-corrected chi connectivity index (χ0v) is 8.64. The minimum absolute atomic E-state index is 1.01. The van der Waals surface area contributed by atoms with Gasteiger partial charge >= 0.3 is 0 Å². The first-order valence-electron chi connectivity index (χ1n) is 5.14. The van der Waals surface area contributed by atoms with Crippen molar-refractivity contribution in [3.63, 3.8) is 0 Å². The first-order chi connectivity index (χ1) is 7.38. The van der Waals surface area contributed by atoms with Crippen LogP contribution >= 0.6 is 0 Å². The van der Waals surface area contributed by atoms with Crippen LogP contribution in [0.5, 0.6) is 0 Å². The molecule has 0 amide bonds. The molecule has 2 nitrogen and oxygen atoms in total. The molecule has 0 bridgehead atoms. The van der Waals surface area contributed by atoms with E-state index < -0.39 is 0 Å². The molecule has 0 spiro atoms. The van der Waals surface area contributed by atoms with E-state index in [9.17, 15) is 0 Å². The maximum Gasteiger partial charge on any atom is 0.140 e. The molecule has 1 aliphatic carbocycles. The lowest BCUT2D eigenvalue weighted by Crippen LogP contribution is -1.91. The van der Waals surface area contributed by atoms with E-state index in [4.69, 9.17) is 0 Å². The second-order valence-electron chi connectivity index (χ2n) is 3.77. The highest BCUT2D eigenvalue weighted by atomic mass is 15.0. The van der Waals surface area contributed by atoms with Crippen LogP contribution in [-0.4, -0.2) is 9.55 Å². The number of aromatic nitrogens is 2. The van der Waals surface area contributed by atoms with Crippen LogP contribution in [0.3, 0.4) is 0 Å². The average molecular weight is 196 g/mol. The Balaban J connectivity index is 2.48. The van der Waals surface area contributed by atoms with Gasteiger partial charge in [-0.05, 0) is 24.6 Å². The van der Waals surface area contributed by atoms with Gasteiger partial charge < -0.3 is 4.57 Å². The topological polar surface area (TPSA) is 17.8 Å². The van der Waals surface area contributed by atoms with E-state index in [1.165, 1.54) is 16.6 Å². The van der Waals surface area contributed by atoms with Crippen molar-refractivity contribution in [2.75, 3.05) is 0 Å². The number of nitrogens with zero attached hydrogens (tertiary/aromatic N) is 2. The molecule has 0 aromatic carbocycles.